The van der Waals surface area contributed by atoms with Gasteiger partial charge in [0.15, 0.2) is 23.0 Å². The lowest BCUT2D eigenvalue weighted by atomic mass is 10.2. The van der Waals surface area contributed by atoms with E-state index in [-0.39, 0.29) is 13.3 Å². The molecule has 0 spiro atoms. The molecule has 0 radical (unpaired) electrons. The molecule has 30 heavy (non-hydrogen) atoms. The molecule has 2 aliphatic heterocycles. The maximum absolute atomic E-state index is 12.8. The van der Waals surface area contributed by atoms with Gasteiger partial charge in [-0.3, -0.25) is 9.10 Å². The highest BCUT2D eigenvalue weighted by Crippen LogP contribution is 2.35. The van der Waals surface area contributed by atoms with Gasteiger partial charge in [0, 0.05) is 12.6 Å². The van der Waals surface area contributed by atoms with Gasteiger partial charge in [-0.05, 0) is 36.8 Å². The van der Waals surface area contributed by atoms with Crippen LogP contribution in [0.5, 0.6) is 23.0 Å². The zero-order valence-corrected chi connectivity index (χ0v) is 17.4. The van der Waals surface area contributed by atoms with Crippen LogP contribution in [0.15, 0.2) is 36.4 Å². The van der Waals surface area contributed by atoms with Crippen LogP contribution in [-0.2, 0) is 21.4 Å². The highest BCUT2D eigenvalue weighted by atomic mass is 32.2. The zero-order chi connectivity index (χ0) is 21.3. The molecule has 0 bridgehead atoms. The van der Waals surface area contributed by atoms with Gasteiger partial charge in [0.25, 0.3) is 0 Å². The van der Waals surface area contributed by atoms with E-state index in [2.05, 4.69) is 5.32 Å². The fraction of sp³-hybridized carbons (Fsp3) is 0.350. The number of hydrogen-bond donors (Lipinski definition) is 1. The number of nitrogens with zero attached hydrogens (tertiary/aromatic N) is 1. The number of rotatable bonds is 6. The molecule has 0 unspecified atom stereocenters. The molecule has 0 saturated carbocycles. The molecule has 10 heteroatoms. The average molecular weight is 434 g/mol. The number of carbonyl (C=O) groups excluding carboxylic acids is 1. The summed E-state index contributed by atoms with van der Waals surface area (Å²) >= 11 is 0. The van der Waals surface area contributed by atoms with Crippen molar-refractivity contribution in [3.63, 3.8) is 0 Å². The van der Waals surface area contributed by atoms with Crippen molar-refractivity contribution in [3.8, 4) is 23.0 Å². The van der Waals surface area contributed by atoms with Gasteiger partial charge in [-0.2, -0.15) is 0 Å². The Morgan fingerprint density at radius 3 is 2.40 bits per heavy atom. The number of hydrogen-bond acceptors (Lipinski definition) is 7. The van der Waals surface area contributed by atoms with Crippen LogP contribution in [0, 0.1) is 0 Å². The van der Waals surface area contributed by atoms with Gasteiger partial charge in [-0.1, -0.05) is 6.07 Å². The molecule has 2 aromatic rings. The second-order valence-corrected chi connectivity index (χ2v) is 8.83. The van der Waals surface area contributed by atoms with Crippen molar-refractivity contribution >= 4 is 21.6 Å². The monoisotopic (exact) mass is 434 g/mol. The SMILES string of the molecule is C[C@@H](C(=O)NCc1ccc2c(c1)OCO2)N(c1ccc2c(c1)OCCO2)S(C)(=O)=O. The van der Waals surface area contributed by atoms with Gasteiger partial charge in [0.1, 0.15) is 19.3 Å². The molecule has 2 aliphatic rings. The van der Waals surface area contributed by atoms with Crippen molar-refractivity contribution in [2.45, 2.75) is 19.5 Å². The normalized spacial score (nSPS) is 15.4. The number of sulfonamides is 1. The van der Waals surface area contributed by atoms with Gasteiger partial charge < -0.3 is 24.3 Å². The maximum Gasteiger partial charge on any atom is 0.243 e. The summed E-state index contributed by atoms with van der Waals surface area (Å²) in [7, 11) is -3.74. The molecular weight excluding hydrogens is 412 g/mol. The Morgan fingerprint density at radius 1 is 1.00 bits per heavy atom. The lowest BCUT2D eigenvalue weighted by Gasteiger charge is -2.29. The van der Waals surface area contributed by atoms with Crippen molar-refractivity contribution in [1.29, 1.82) is 0 Å². The standard InChI is InChI=1S/C20H22N2O7S/c1-13(20(23)21-11-14-3-5-17-18(9-14)29-12-28-17)22(30(2,24)25)15-4-6-16-19(10-15)27-8-7-26-16/h3-6,9-10,13H,7-8,11-12H2,1-2H3,(H,21,23)/t13-/m0/s1. The van der Waals surface area contributed by atoms with Gasteiger partial charge in [-0.25, -0.2) is 8.42 Å². The summed E-state index contributed by atoms with van der Waals surface area (Å²) in [4.78, 5) is 12.8. The van der Waals surface area contributed by atoms with Crippen LogP contribution >= 0.6 is 0 Å². The third kappa shape index (κ3) is 4.09. The number of fused-ring (bicyclic) bond motifs is 2. The minimum absolute atomic E-state index is 0.168. The fourth-order valence-electron chi connectivity index (χ4n) is 3.37. The molecule has 4 rings (SSSR count). The molecule has 160 valence electrons. The van der Waals surface area contributed by atoms with Gasteiger partial charge >= 0.3 is 0 Å². The molecule has 1 atom stereocenters. The van der Waals surface area contributed by atoms with Crippen LogP contribution in [0.25, 0.3) is 0 Å². The summed E-state index contributed by atoms with van der Waals surface area (Å²) < 4.78 is 47.7. The van der Waals surface area contributed by atoms with Crippen LogP contribution in [0.2, 0.25) is 0 Å². The van der Waals surface area contributed by atoms with E-state index < -0.39 is 22.0 Å². The van der Waals surface area contributed by atoms with Crippen LogP contribution in [0.3, 0.4) is 0 Å². The molecule has 1 amide bonds. The minimum atomic E-state index is -3.74. The third-order valence-electron chi connectivity index (χ3n) is 4.77. The lowest BCUT2D eigenvalue weighted by Crippen LogP contribution is -2.47. The second kappa shape index (κ2) is 7.94. The van der Waals surface area contributed by atoms with Gasteiger partial charge in [0.05, 0.1) is 11.9 Å². The van der Waals surface area contributed by atoms with E-state index in [9.17, 15) is 13.2 Å². The number of anilines is 1. The fourth-order valence-corrected chi connectivity index (χ4v) is 4.53. The first-order valence-corrected chi connectivity index (χ1v) is 11.2. The third-order valence-corrected chi connectivity index (χ3v) is 6.01. The number of benzene rings is 2. The zero-order valence-electron chi connectivity index (χ0n) is 16.6. The molecule has 0 fully saturated rings. The van der Waals surface area contributed by atoms with Gasteiger partial charge in [0.2, 0.25) is 22.7 Å². The summed E-state index contributed by atoms with van der Waals surface area (Å²) in [6, 6.07) is 9.19. The number of nitrogens with one attached hydrogen (secondary N) is 1. The first kappa shape index (κ1) is 20.1. The summed E-state index contributed by atoms with van der Waals surface area (Å²) in [6.07, 6.45) is 1.06. The predicted molar refractivity (Wildman–Crippen MR) is 109 cm³/mol. The molecule has 2 heterocycles. The Hall–Kier alpha value is -3.14. The van der Waals surface area contributed by atoms with Crippen molar-refractivity contribution in [3.05, 3.63) is 42.0 Å². The van der Waals surface area contributed by atoms with Crippen molar-refractivity contribution in [1.82, 2.24) is 5.32 Å². The number of carbonyl (C=O) groups is 1. The minimum Gasteiger partial charge on any atom is -0.486 e. The van der Waals surface area contributed by atoms with Crippen LogP contribution in [0.4, 0.5) is 5.69 Å². The highest BCUT2D eigenvalue weighted by Gasteiger charge is 2.30. The second-order valence-electron chi connectivity index (χ2n) is 6.97. The summed E-state index contributed by atoms with van der Waals surface area (Å²) in [5.41, 5.74) is 1.14. The Bertz CT molecular complexity index is 1070. The average Bonchev–Trinajstić information content (AvgIpc) is 3.19. The van der Waals surface area contributed by atoms with Gasteiger partial charge in [-0.15, -0.1) is 0 Å². The molecule has 9 nitrogen and oxygen atoms in total. The Balaban J connectivity index is 1.50. The molecule has 2 aromatic carbocycles. The summed E-state index contributed by atoms with van der Waals surface area (Å²) in [5, 5.41) is 2.78. The lowest BCUT2D eigenvalue weighted by molar-refractivity contribution is -0.122. The quantitative estimate of drug-likeness (QED) is 0.737. The Kier molecular flexibility index (Phi) is 5.33. The highest BCUT2D eigenvalue weighted by molar-refractivity contribution is 7.92. The van der Waals surface area contributed by atoms with E-state index in [1.54, 1.807) is 30.3 Å². The van der Waals surface area contributed by atoms with Crippen molar-refractivity contribution in [2.24, 2.45) is 0 Å². The van der Waals surface area contributed by atoms with E-state index in [4.69, 9.17) is 18.9 Å². The van der Waals surface area contributed by atoms with Crippen LogP contribution in [0.1, 0.15) is 12.5 Å². The van der Waals surface area contributed by atoms with E-state index in [1.165, 1.54) is 6.92 Å². The summed E-state index contributed by atoms with van der Waals surface area (Å²) in [5.74, 6) is 1.82. The predicted octanol–water partition coefficient (Wildman–Crippen LogP) is 1.66. The van der Waals surface area contributed by atoms with Crippen molar-refractivity contribution < 1.29 is 32.2 Å². The van der Waals surface area contributed by atoms with E-state index in [1.807, 2.05) is 6.07 Å². The van der Waals surface area contributed by atoms with E-state index in [0.29, 0.717) is 41.9 Å². The maximum atomic E-state index is 12.8. The van der Waals surface area contributed by atoms with E-state index in [0.717, 1.165) is 16.1 Å². The smallest absolute Gasteiger partial charge is 0.243 e. The Labute approximate surface area is 174 Å². The molecule has 0 saturated heterocycles. The number of amides is 1. The van der Waals surface area contributed by atoms with Crippen LogP contribution < -0.4 is 28.6 Å². The molecule has 0 aromatic heterocycles. The van der Waals surface area contributed by atoms with Crippen LogP contribution in [-0.4, -0.2) is 46.6 Å². The molecular formula is C20H22N2O7S. The van der Waals surface area contributed by atoms with E-state index >= 15 is 0 Å². The largest absolute Gasteiger partial charge is 0.486 e. The number of ether oxygens (including phenoxy) is 4. The first-order chi connectivity index (χ1) is 14.3. The molecule has 0 aliphatic carbocycles. The molecule has 1 N–H and O–H groups in total. The summed E-state index contributed by atoms with van der Waals surface area (Å²) in [6.45, 7) is 2.73. The first-order valence-electron chi connectivity index (χ1n) is 9.38. The van der Waals surface area contributed by atoms with Crippen molar-refractivity contribution in [2.75, 3.05) is 30.6 Å². The topological polar surface area (TPSA) is 103 Å². The Morgan fingerprint density at radius 2 is 1.63 bits per heavy atom.